The second-order valence-corrected chi connectivity index (χ2v) is 4.06. The number of benzene rings is 1. The van der Waals surface area contributed by atoms with Crippen molar-refractivity contribution in [1.29, 1.82) is 0 Å². The normalized spacial score (nSPS) is 11.7. The SMILES string of the molecule is COC(CN)CC(=O)NCc1ccccc1OC(F)F.Cl. The molecule has 0 bridgehead atoms. The molecular weight excluding hydrogens is 306 g/mol. The second kappa shape index (κ2) is 10.3. The van der Waals surface area contributed by atoms with E-state index in [9.17, 15) is 13.6 Å². The van der Waals surface area contributed by atoms with Crippen LogP contribution in [-0.2, 0) is 16.1 Å². The summed E-state index contributed by atoms with van der Waals surface area (Å²) in [4.78, 5) is 11.6. The Balaban J connectivity index is 0.00000400. The second-order valence-electron chi connectivity index (χ2n) is 4.06. The summed E-state index contributed by atoms with van der Waals surface area (Å²) in [6.07, 6.45) is -0.243. The maximum Gasteiger partial charge on any atom is 0.387 e. The van der Waals surface area contributed by atoms with Crippen molar-refractivity contribution in [2.75, 3.05) is 13.7 Å². The number of hydrogen-bond donors (Lipinski definition) is 2. The van der Waals surface area contributed by atoms with Gasteiger partial charge < -0.3 is 20.5 Å². The van der Waals surface area contributed by atoms with Crippen molar-refractivity contribution in [2.45, 2.75) is 25.7 Å². The highest BCUT2D eigenvalue weighted by Gasteiger charge is 2.13. The van der Waals surface area contributed by atoms with Gasteiger partial charge in [0.2, 0.25) is 5.91 Å². The Morgan fingerprint density at radius 2 is 2.05 bits per heavy atom. The zero-order valence-corrected chi connectivity index (χ0v) is 12.4. The Hall–Kier alpha value is -1.44. The first kappa shape index (κ1) is 19.6. The van der Waals surface area contributed by atoms with Crippen LogP contribution in [0.25, 0.3) is 0 Å². The largest absolute Gasteiger partial charge is 0.434 e. The monoisotopic (exact) mass is 324 g/mol. The zero-order valence-electron chi connectivity index (χ0n) is 11.6. The molecule has 0 aromatic heterocycles. The van der Waals surface area contributed by atoms with Crippen LogP contribution in [-0.4, -0.2) is 32.3 Å². The summed E-state index contributed by atoms with van der Waals surface area (Å²) in [6, 6.07) is 6.29. The molecule has 0 aliphatic carbocycles. The van der Waals surface area contributed by atoms with Gasteiger partial charge in [0, 0.05) is 25.8 Å². The van der Waals surface area contributed by atoms with Gasteiger partial charge in [0.25, 0.3) is 0 Å². The number of rotatable bonds is 8. The number of methoxy groups -OCH3 is 1. The minimum atomic E-state index is -2.90. The van der Waals surface area contributed by atoms with Crippen molar-refractivity contribution in [3.63, 3.8) is 0 Å². The van der Waals surface area contributed by atoms with Gasteiger partial charge in [-0.2, -0.15) is 8.78 Å². The average Bonchev–Trinajstić information content (AvgIpc) is 2.43. The molecule has 1 rings (SSSR count). The standard InChI is InChI=1S/C13H18F2N2O3.ClH/c1-19-10(7-16)6-12(18)17-8-9-4-2-3-5-11(9)20-13(14)15;/h2-5,10,13H,6-8,16H2,1H3,(H,17,18);1H. The third-order valence-electron chi connectivity index (χ3n) is 2.67. The van der Waals surface area contributed by atoms with E-state index in [1.165, 1.54) is 13.2 Å². The lowest BCUT2D eigenvalue weighted by atomic mass is 10.2. The van der Waals surface area contributed by atoms with Gasteiger partial charge in [0.1, 0.15) is 5.75 Å². The number of halogens is 3. The van der Waals surface area contributed by atoms with Gasteiger partial charge in [-0.1, -0.05) is 18.2 Å². The van der Waals surface area contributed by atoms with Gasteiger partial charge in [-0.25, -0.2) is 0 Å². The molecule has 0 radical (unpaired) electrons. The van der Waals surface area contributed by atoms with E-state index in [0.717, 1.165) is 0 Å². The molecule has 0 fully saturated rings. The smallest absolute Gasteiger partial charge is 0.387 e. The molecule has 1 amide bonds. The topological polar surface area (TPSA) is 73.6 Å². The first-order valence-corrected chi connectivity index (χ1v) is 6.09. The van der Waals surface area contributed by atoms with E-state index in [0.29, 0.717) is 5.56 Å². The lowest BCUT2D eigenvalue weighted by molar-refractivity contribution is -0.123. The van der Waals surface area contributed by atoms with E-state index in [1.807, 2.05) is 0 Å². The minimum Gasteiger partial charge on any atom is -0.434 e. The minimum absolute atomic E-state index is 0. The Kier molecular flexibility index (Phi) is 9.60. The first-order chi connectivity index (χ1) is 9.56. The van der Waals surface area contributed by atoms with Crippen LogP contribution < -0.4 is 15.8 Å². The predicted octanol–water partition coefficient (Wildman–Crippen LogP) is 1.69. The summed E-state index contributed by atoms with van der Waals surface area (Å²) in [5.74, 6) is -0.223. The number of para-hydroxylation sites is 1. The lowest BCUT2D eigenvalue weighted by Gasteiger charge is -2.14. The van der Waals surface area contributed by atoms with Crippen LogP contribution >= 0.6 is 12.4 Å². The Morgan fingerprint density at radius 3 is 2.62 bits per heavy atom. The van der Waals surface area contributed by atoms with E-state index in [4.69, 9.17) is 10.5 Å². The van der Waals surface area contributed by atoms with E-state index in [-0.39, 0.29) is 49.7 Å². The molecule has 1 aromatic rings. The van der Waals surface area contributed by atoms with Crippen molar-refractivity contribution in [3.8, 4) is 5.75 Å². The molecule has 0 heterocycles. The van der Waals surface area contributed by atoms with Crippen LogP contribution in [0.2, 0.25) is 0 Å². The molecule has 0 saturated carbocycles. The maximum atomic E-state index is 12.2. The summed E-state index contributed by atoms with van der Waals surface area (Å²) >= 11 is 0. The average molecular weight is 325 g/mol. The third kappa shape index (κ3) is 7.22. The molecule has 120 valence electrons. The fraction of sp³-hybridized carbons (Fsp3) is 0.462. The third-order valence-corrected chi connectivity index (χ3v) is 2.67. The number of alkyl halides is 2. The highest BCUT2D eigenvalue weighted by Crippen LogP contribution is 2.19. The summed E-state index contributed by atoms with van der Waals surface area (Å²) < 4.78 is 33.8. The maximum absolute atomic E-state index is 12.2. The van der Waals surface area contributed by atoms with Crippen LogP contribution in [0.1, 0.15) is 12.0 Å². The van der Waals surface area contributed by atoms with Crippen LogP contribution in [0.3, 0.4) is 0 Å². The van der Waals surface area contributed by atoms with Crippen molar-refractivity contribution >= 4 is 18.3 Å². The fourth-order valence-electron chi connectivity index (χ4n) is 1.60. The highest BCUT2D eigenvalue weighted by atomic mass is 35.5. The Labute approximate surface area is 128 Å². The van der Waals surface area contributed by atoms with E-state index >= 15 is 0 Å². The number of carbonyl (C=O) groups excluding carboxylic acids is 1. The first-order valence-electron chi connectivity index (χ1n) is 6.09. The summed E-state index contributed by atoms with van der Waals surface area (Å²) in [5.41, 5.74) is 5.88. The number of nitrogens with two attached hydrogens (primary N) is 1. The van der Waals surface area contributed by atoms with Crippen LogP contribution in [0, 0.1) is 0 Å². The van der Waals surface area contributed by atoms with Crippen molar-refractivity contribution in [1.82, 2.24) is 5.32 Å². The van der Waals surface area contributed by atoms with Crippen molar-refractivity contribution in [2.24, 2.45) is 5.73 Å². The molecule has 0 aliphatic rings. The van der Waals surface area contributed by atoms with Crippen molar-refractivity contribution < 1.29 is 23.0 Å². The summed E-state index contributed by atoms with van der Waals surface area (Å²) in [5, 5.41) is 2.61. The number of carbonyl (C=O) groups is 1. The van der Waals surface area contributed by atoms with E-state index < -0.39 is 6.61 Å². The van der Waals surface area contributed by atoms with Gasteiger partial charge >= 0.3 is 6.61 Å². The predicted molar refractivity (Wildman–Crippen MR) is 76.6 cm³/mol. The number of amides is 1. The molecule has 21 heavy (non-hydrogen) atoms. The molecule has 1 unspecified atom stereocenters. The molecule has 8 heteroatoms. The van der Waals surface area contributed by atoms with Crippen LogP contribution in [0.4, 0.5) is 8.78 Å². The molecule has 0 saturated heterocycles. The summed E-state index contributed by atoms with van der Waals surface area (Å²) in [7, 11) is 1.47. The van der Waals surface area contributed by atoms with Crippen LogP contribution in [0.5, 0.6) is 5.75 Å². The molecule has 1 atom stereocenters. The number of nitrogens with one attached hydrogen (secondary N) is 1. The van der Waals surface area contributed by atoms with Gasteiger partial charge in [0.05, 0.1) is 12.5 Å². The molecular formula is C13H19ClF2N2O3. The molecule has 1 aromatic carbocycles. The quantitative estimate of drug-likeness (QED) is 0.763. The lowest BCUT2D eigenvalue weighted by Crippen LogP contribution is -2.32. The highest BCUT2D eigenvalue weighted by molar-refractivity contribution is 5.85. The number of hydrogen-bond acceptors (Lipinski definition) is 4. The van der Waals surface area contributed by atoms with Gasteiger partial charge in [-0.15, -0.1) is 12.4 Å². The Morgan fingerprint density at radius 1 is 1.38 bits per heavy atom. The molecule has 0 spiro atoms. The van der Waals surface area contributed by atoms with Gasteiger partial charge in [-0.05, 0) is 6.07 Å². The molecule has 3 N–H and O–H groups in total. The Bertz CT molecular complexity index is 432. The van der Waals surface area contributed by atoms with Gasteiger partial charge in [-0.3, -0.25) is 4.79 Å². The van der Waals surface area contributed by atoms with E-state index in [2.05, 4.69) is 10.1 Å². The summed E-state index contributed by atoms with van der Waals surface area (Å²) in [6.45, 7) is -2.57. The van der Waals surface area contributed by atoms with Gasteiger partial charge in [0.15, 0.2) is 0 Å². The van der Waals surface area contributed by atoms with Crippen molar-refractivity contribution in [3.05, 3.63) is 29.8 Å². The van der Waals surface area contributed by atoms with Crippen LogP contribution in [0.15, 0.2) is 24.3 Å². The molecule has 5 nitrogen and oxygen atoms in total. The van der Waals surface area contributed by atoms with E-state index in [1.54, 1.807) is 18.2 Å². The molecule has 0 aliphatic heterocycles. The number of ether oxygens (including phenoxy) is 2. The zero-order chi connectivity index (χ0) is 15.0. The fourth-order valence-corrected chi connectivity index (χ4v) is 1.60.